The number of hydrogen-bond donors (Lipinski definition) is 0. The van der Waals surface area contributed by atoms with Crippen molar-refractivity contribution in [3.63, 3.8) is 0 Å². The molecule has 0 radical (unpaired) electrons. The number of nitriles is 1. The van der Waals surface area contributed by atoms with E-state index in [0.717, 1.165) is 0 Å². The van der Waals surface area contributed by atoms with Crippen LogP contribution in [0.5, 0.6) is 0 Å². The Kier molecular flexibility index (Phi) is 1.49. The molecule has 1 aromatic heterocycles. The van der Waals surface area contributed by atoms with Crippen LogP contribution in [0.25, 0.3) is 0 Å². The predicted octanol–water partition coefficient (Wildman–Crippen LogP) is 0.449. The lowest BCUT2D eigenvalue weighted by Gasteiger charge is -1.84. The molecule has 0 aliphatic carbocycles. The van der Waals surface area contributed by atoms with E-state index in [-0.39, 0.29) is 0 Å². The fraction of sp³-hybridized carbons (Fsp3) is 0.250. The zero-order valence-electron chi connectivity index (χ0n) is 4.67. The molecule has 0 atom stereocenters. The molecule has 1 aromatic rings. The average Bonchev–Trinajstić information content (AvgIpc) is 2.15. The molecule has 0 aromatic carbocycles. The first-order valence-electron chi connectivity index (χ1n) is 2.21. The maximum absolute atomic E-state index is 8.34. The maximum Gasteiger partial charge on any atom is 0.197 e. The molecule has 0 saturated heterocycles. The molecular weight excluding hydrogens is 184 g/mol. The summed E-state index contributed by atoms with van der Waals surface area (Å²) < 4.78 is 2.10. The van der Waals surface area contributed by atoms with Crippen LogP contribution < -0.4 is 0 Å². The molecule has 0 aliphatic rings. The van der Waals surface area contributed by atoms with Gasteiger partial charge in [0.1, 0.15) is 10.7 Å². The van der Waals surface area contributed by atoms with Crippen LogP contribution in [0.15, 0.2) is 4.60 Å². The Morgan fingerprint density at radius 1 is 1.78 bits per heavy atom. The van der Waals surface area contributed by atoms with Crippen molar-refractivity contribution in [1.82, 2.24) is 15.0 Å². The summed E-state index contributed by atoms with van der Waals surface area (Å²) in [5.41, 5.74) is 0.317. The van der Waals surface area contributed by atoms with E-state index in [1.54, 1.807) is 7.05 Å². The van der Waals surface area contributed by atoms with Crippen LogP contribution >= 0.6 is 15.9 Å². The molecule has 0 amide bonds. The van der Waals surface area contributed by atoms with Gasteiger partial charge in [-0.15, -0.1) is 5.10 Å². The normalized spacial score (nSPS) is 9.00. The van der Waals surface area contributed by atoms with E-state index in [1.165, 1.54) is 4.68 Å². The minimum absolute atomic E-state index is 0.317. The third-order valence-corrected chi connectivity index (χ3v) is 1.75. The summed E-state index contributed by atoms with van der Waals surface area (Å²) in [7, 11) is 1.71. The Labute approximate surface area is 60.2 Å². The molecule has 0 bridgehead atoms. The monoisotopic (exact) mass is 186 g/mol. The molecule has 5 heteroatoms. The summed E-state index contributed by atoms with van der Waals surface area (Å²) in [5.74, 6) is 0. The number of nitrogens with zero attached hydrogens (tertiary/aromatic N) is 4. The predicted molar refractivity (Wildman–Crippen MR) is 33.4 cm³/mol. The maximum atomic E-state index is 8.34. The van der Waals surface area contributed by atoms with Gasteiger partial charge >= 0.3 is 0 Å². The highest BCUT2D eigenvalue weighted by atomic mass is 79.9. The highest BCUT2D eigenvalue weighted by Crippen LogP contribution is 2.09. The van der Waals surface area contributed by atoms with Gasteiger partial charge in [-0.25, -0.2) is 4.68 Å². The molecule has 0 fully saturated rings. The van der Waals surface area contributed by atoms with Gasteiger partial charge in [-0.05, 0) is 15.9 Å². The van der Waals surface area contributed by atoms with Gasteiger partial charge < -0.3 is 0 Å². The van der Waals surface area contributed by atoms with E-state index in [1.807, 2.05) is 6.07 Å². The highest BCUT2D eigenvalue weighted by molar-refractivity contribution is 9.10. The van der Waals surface area contributed by atoms with Gasteiger partial charge in [0.05, 0.1) is 0 Å². The minimum Gasteiger partial charge on any atom is -0.240 e. The lowest BCUT2D eigenvalue weighted by molar-refractivity contribution is 0.702. The average molecular weight is 187 g/mol. The number of halogens is 1. The number of hydrogen-bond acceptors (Lipinski definition) is 3. The van der Waals surface area contributed by atoms with Crippen LogP contribution in [0.2, 0.25) is 0 Å². The van der Waals surface area contributed by atoms with Crippen LogP contribution in [0, 0.1) is 11.3 Å². The van der Waals surface area contributed by atoms with Crippen molar-refractivity contribution in [2.75, 3.05) is 0 Å². The highest BCUT2D eigenvalue weighted by Gasteiger charge is 2.03. The summed E-state index contributed by atoms with van der Waals surface area (Å²) in [5, 5.41) is 15.5. The van der Waals surface area contributed by atoms with Gasteiger partial charge in [-0.1, -0.05) is 5.21 Å². The SMILES string of the molecule is Cn1nnc(C#N)c1Br. The van der Waals surface area contributed by atoms with Crippen molar-refractivity contribution in [3.05, 3.63) is 10.3 Å². The quantitative estimate of drug-likeness (QED) is 0.592. The van der Waals surface area contributed by atoms with E-state index in [2.05, 4.69) is 26.2 Å². The van der Waals surface area contributed by atoms with Crippen LogP contribution in [0.3, 0.4) is 0 Å². The van der Waals surface area contributed by atoms with Crippen LogP contribution in [-0.4, -0.2) is 15.0 Å². The fourth-order valence-corrected chi connectivity index (χ4v) is 0.653. The zero-order chi connectivity index (χ0) is 6.85. The molecule has 0 unspecified atom stereocenters. The minimum atomic E-state index is 0.317. The van der Waals surface area contributed by atoms with Gasteiger partial charge in [-0.2, -0.15) is 5.26 Å². The van der Waals surface area contributed by atoms with E-state index < -0.39 is 0 Å². The van der Waals surface area contributed by atoms with Gasteiger partial charge in [0.25, 0.3) is 0 Å². The molecular formula is C4H3BrN4. The van der Waals surface area contributed by atoms with E-state index >= 15 is 0 Å². The lowest BCUT2D eigenvalue weighted by Crippen LogP contribution is -1.89. The Morgan fingerprint density at radius 2 is 2.44 bits per heavy atom. The van der Waals surface area contributed by atoms with Crippen molar-refractivity contribution in [1.29, 1.82) is 5.26 Å². The van der Waals surface area contributed by atoms with E-state index in [9.17, 15) is 0 Å². The first-order chi connectivity index (χ1) is 4.25. The summed E-state index contributed by atoms with van der Waals surface area (Å²) in [6.45, 7) is 0. The van der Waals surface area contributed by atoms with Crippen molar-refractivity contribution in [2.24, 2.45) is 7.05 Å². The fourth-order valence-electron chi connectivity index (χ4n) is 0.414. The Morgan fingerprint density at radius 3 is 2.67 bits per heavy atom. The van der Waals surface area contributed by atoms with E-state index in [0.29, 0.717) is 10.3 Å². The number of rotatable bonds is 0. The van der Waals surface area contributed by atoms with Crippen molar-refractivity contribution in [3.8, 4) is 6.07 Å². The standard InChI is InChI=1S/C4H3BrN4/c1-9-4(5)3(2-6)7-8-9/h1H3. The summed E-state index contributed by atoms with van der Waals surface area (Å²) >= 11 is 3.13. The molecule has 4 nitrogen and oxygen atoms in total. The van der Waals surface area contributed by atoms with Gasteiger partial charge in [0.15, 0.2) is 5.69 Å². The molecule has 0 aliphatic heterocycles. The first-order valence-corrected chi connectivity index (χ1v) is 3.00. The molecule has 0 spiro atoms. The molecule has 1 heterocycles. The Bertz CT molecular complexity index is 258. The summed E-state index contributed by atoms with van der Waals surface area (Å²) in [6, 6.07) is 1.87. The molecule has 0 N–H and O–H groups in total. The number of aromatic nitrogens is 3. The summed E-state index contributed by atoms with van der Waals surface area (Å²) in [6.07, 6.45) is 0. The zero-order valence-corrected chi connectivity index (χ0v) is 6.25. The molecule has 46 valence electrons. The summed E-state index contributed by atoms with van der Waals surface area (Å²) in [4.78, 5) is 0. The van der Waals surface area contributed by atoms with Crippen LogP contribution in [-0.2, 0) is 7.05 Å². The smallest absolute Gasteiger partial charge is 0.197 e. The van der Waals surface area contributed by atoms with Crippen LogP contribution in [0.4, 0.5) is 0 Å². The topological polar surface area (TPSA) is 54.5 Å². The van der Waals surface area contributed by atoms with Crippen molar-refractivity contribution >= 4 is 15.9 Å². The third-order valence-electron chi connectivity index (χ3n) is 0.864. The van der Waals surface area contributed by atoms with Crippen molar-refractivity contribution in [2.45, 2.75) is 0 Å². The van der Waals surface area contributed by atoms with Crippen LogP contribution in [0.1, 0.15) is 5.69 Å². The Hall–Kier alpha value is -0.890. The van der Waals surface area contributed by atoms with Gasteiger partial charge in [0, 0.05) is 7.05 Å². The Balaban J connectivity index is 3.24. The van der Waals surface area contributed by atoms with Crippen molar-refractivity contribution < 1.29 is 0 Å². The van der Waals surface area contributed by atoms with Gasteiger partial charge in [0.2, 0.25) is 0 Å². The molecule has 0 saturated carbocycles. The largest absolute Gasteiger partial charge is 0.240 e. The molecule has 9 heavy (non-hydrogen) atoms. The second kappa shape index (κ2) is 2.15. The molecule has 1 rings (SSSR count). The van der Waals surface area contributed by atoms with Gasteiger partial charge in [-0.3, -0.25) is 0 Å². The second-order valence-electron chi connectivity index (χ2n) is 1.46. The van der Waals surface area contributed by atoms with E-state index in [4.69, 9.17) is 5.26 Å². The lowest BCUT2D eigenvalue weighted by atomic mass is 10.5. The number of aryl methyl sites for hydroxylation is 1. The first kappa shape index (κ1) is 6.23. The second-order valence-corrected chi connectivity index (χ2v) is 2.22. The third kappa shape index (κ3) is 0.933.